The lowest BCUT2D eigenvalue weighted by Crippen LogP contribution is -2.32. The van der Waals surface area contributed by atoms with E-state index >= 15 is 0 Å². The summed E-state index contributed by atoms with van der Waals surface area (Å²) >= 11 is 0. The smallest absolute Gasteiger partial charge is 0.320 e. The highest BCUT2D eigenvalue weighted by Gasteiger charge is 2.13. The predicted octanol–water partition coefficient (Wildman–Crippen LogP) is 9.28. The third kappa shape index (κ3) is 26.3. The molecular weight excluding hydrogens is 570 g/mol. The van der Waals surface area contributed by atoms with Gasteiger partial charge in [-0.15, -0.1) is 0 Å². The summed E-state index contributed by atoms with van der Waals surface area (Å²) < 4.78 is 9.79. The molecule has 0 unspecified atom stereocenters. The molecule has 0 bridgehead atoms. The third-order valence-corrected chi connectivity index (χ3v) is 7.89. The molecule has 0 aliphatic rings. The molecule has 0 amide bonds. The molecule has 0 radical (unpaired) electrons. The lowest BCUT2D eigenvalue weighted by Gasteiger charge is -2.08. The summed E-state index contributed by atoms with van der Waals surface area (Å²) in [5.41, 5.74) is 6.08. The number of methoxy groups -OCH3 is 1. The molecule has 1 aromatic rings. The number of esters is 2. The molecule has 0 fully saturated rings. The van der Waals surface area contributed by atoms with Gasteiger partial charge in [-0.3, -0.25) is 14.4 Å². The number of carboxylic acids is 1. The average Bonchev–Trinajstić information content (AvgIpc) is 3.00. The number of hydrogen-bond donors (Lipinski definition) is 3. The van der Waals surface area contributed by atoms with Gasteiger partial charge in [0.25, 0.3) is 0 Å². The predicted molar refractivity (Wildman–Crippen MR) is 183 cm³/mol. The zero-order chi connectivity index (χ0) is 33.7. The van der Waals surface area contributed by atoms with Crippen molar-refractivity contribution in [1.82, 2.24) is 0 Å². The number of unbranched alkanes of at least 4 members (excludes halogenated alkanes) is 16. The SMILES string of the molecule is CCCCCCCC(=O)OC(=O)CCCCCCCCCCCCCCCC(C)C.COc1cc(C[C@H](N)C(=O)O)ccc1O. The van der Waals surface area contributed by atoms with Crippen molar-refractivity contribution in [2.75, 3.05) is 7.11 Å². The van der Waals surface area contributed by atoms with Crippen molar-refractivity contribution < 1.29 is 34.1 Å². The summed E-state index contributed by atoms with van der Waals surface area (Å²) in [6.45, 7) is 6.80. The van der Waals surface area contributed by atoms with E-state index in [4.69, 9.17) is 20.3 Å². The van der Waals surface area contributed by atoms with Crippen LogP contribution in [0.25, 0.3) is 0 Å². The fourth-order valence-corrected chi connectivity index (χ4v) is 5.06. The highest BCUT2D eigenvalue weighted by atomic mass is 16.6. The topological polar surface area (TPSA) is 136 Å². The summed E-state index contributed by atoms with van der Waals surface area (Å²) in [6, 6.07) is 3.68. The van der Waals surface area contributed by atoms with Crippen LogP contribution in [-0.4, -0.2) is 41.3 Å². The summed E-state index contributed by atoms with van der Waals surface area (Å²) in [4.78, 5) is 33.8. The van der Waals surface area contributed by atoms with Crippen molar-refractivity contribution in [1.29, 1.82) is 0 Å². The van der Waals surface area contributed by atoms with E-state index in [0.717, 1.165) is 38.0 Å². The van der Waals surface area contributed by atoms with Crippen LogP contribution in [0.1, 0.15) is 161 Å². The average molecular weight is 636 g/mol. The molecule has 1 aromatic carbocycles. The number of nitrogens with two attached hydrogens (primary N) is 1. The Morgan fingerprint density at radius 1 is 0.733 bits per heavy atom. The number of benzene rings is 1. The Morgan fingerprint density at radius 2 is 1.18 bits per heavy atom. The van der Waals surface area contributed by atoms with E-state index in [2.05, 4.69) is 20.8 Å². The maximum Gasteiger partial charge on any atom is 0.320 e. The summed E-state index contributed by atoms with van der Waals surface area (Å²) in [7, 11) is 1.43. The second-order valence-corrected chi connectivity index (χ2v) is 12.7. The number of phenolic OH excluding ortho intramolecular Hbond substituents is 1. The minimum Gasteiger partial charge on any atom is -0.504 e. The van der Waals surface area contributed by atoms with Gasteiger partial charge in [-0.25, -0.2) is 0 Å². The van der Waals surface area contributed by atoms with Crippen LogP contribution in [0.15, 0.2) is 18.2 Å². The highest BCUT2D eigenvalue weighted by molar-refractivity contribution is 5.85. The van der Waals surface area contributed by atoms with E-state index in [1.165, 1.54) is 103 Å². The van der Waals surface area contributed by atoms with Crippen LogP contribution >= 0.6 is 0 Å². The standard InChI is InChI=1S/C27H52O3.C10H13NO4/c1-4-5-6-16-20-23-26(28)30-27(29)24-21-18-15-13-11-9-7-8-10-12-14-17-19-22-25(2)3;1-15-9-5-6(2-3-8(9)12)4-7(11)10(13)14/h25H,4-24H2,1-3H3;2-3,5,7,12H,4,11H2,1H3,(H,13,14)/t;7-/m.0/s1. The van der Waals surface area contributed by atoms with E-state index < -0.39 is 12.0 Å². The first kappa shape index (κ1) is 42.4. The molecule has 0 heterocycles. The molecule has 0 aliphatic heterocycles. The molecule has 45 heavy (non-hydrogen) atoms. The molecule has 1 rings (SSSR count). The van der Waals surface area contributed by atoms with E-state index in [1.807, 2.05) is 0 Å². The van der Waals surface area contributed by atoms with Gasteiger partial charge in [0.05, 0.1) is 7.11 Å². The maximum atomic E-state index is 11.7. The number of carbonyl (C=O) groups excluding carboxylic acids is 2. The van der Waals surface area contributed by atoms with Crippen LogP contribution in [0.4, 0.5) is 0 Å². The van der Waals surface area contributed by atoms with Gasteiger partial charge >= 0.3 is 17.9 Å². The third-order valence-electron chi connectivity index (χ3n) is 7.89. The van der Waals surface area contributed by atoms with Gasteiger partial charge in [-0.1, -0.05) is 136 Å². The van der Waals surface area contributed by atoms with Gasteiger partial charge in [-0.05, 0) is 42.9 Å². The Balaban J connectivity index is 0.00000107. The Kier molecular flexibility index (Phi) is 27.2. The van der Waals surface area contributed by atoms with E-state index in [9.17, 15) is 19.5 Å². The second-order valence-electron chi connectivity index (χ2n) is 12.7. The number of phenols is 1. The highest BCUT2D eigenvalue weighted by Crippen LogP contribution is 2.26. The van der Waals surface area contributed by atoms with E-state index in [-0.39, 0.29) is 24.1 Å². The van der Waals surface area contributed by atoms with E-state index in [1.54, 1.807) is 12.1 Å². The van der Waals surface area contributed by atoms with Crippen molar-refractivity contribution >= 4 is 17.9 Å². The minimum absolute atomic E-state index is 0.0187. The van der Waals surface area contributed by atoms with Crippen molar-refractivity contribution in [2.45, 2.75) is 168 Å². The Labute approximate surface area is 273 Å². The first-order valence-electron chi connectivity index (χ1n) is 17.7. The molecule has 8 nitrogen and oxygen atoms in total. The van der Waals surface area contributed by atoms with Crippen LogP contribution in [0.2, 0.25) is 0 Å². The molecular formula is C37H65NO7. The fourth-order valence-electron chi connectivity index (χ4n) is 5.06. The van der Waals surface area contributed by atoms with Crippen LogP contribution in [0.5, 0.6) is 11.5 Å². The molecule has 0 spiro atoms. The van der Waals surface area contributed by atoms with Crippen LogP contribution in [0.3, 0.4) is 0 Å². The quantitative estimate of drug-likeness (QED) is 0.0520. The van der Waals surface area contributed by atoms with Gasteiger partial charge in [0.2, 0.25) is 0 Å². The Hall–Kier alpha value is -2.61. The van der Waals surface area contributed by atoms with Crippen molar-refractivity contribution in [2.24, 2.45) is 11.7 Å². The zero-order valence-corrected chi connectivity index (χ0v) is 29.0. The summed E-state index contributed by atoms with van der Waals surface area (Å²) in [6.07, 6.45) is 24.7. The molecule has 0 saturated carbocycles. The van der Waals surface area contributed by atoms with Gasteiger partial charge < -0.3 is 25.4 Å². The summed E-state index contributed by atoms with van der Waals surface area (Å²) in [5, 5.41) is 17.9. The van der Waals surface area contributed by atoms with Crippen molar-refractivity contribution in [3.05, 3.63) is 23.8 Å². The maximum absolute atomic E-state index is 11.7. The lowest BCUT2D eigenvalue weighted by atomic mass is 10.0. The van der Waals surface area contributed by atoms with Crippen molar-refractivity contribution in [3.8, 4) is 11.5 Å². The first-order valence-corrected chi connectivity index (χ1v) is 17.7. The molecule has 4 N–H and O–H groups in total. The van der Waals surface area contributed by atoms with Gasteiger partial charge in [0, 0.05) is 12.8 Å². The second kappa shape index (κ2) is 28.8. The van der Waals surface area contributed by atoms with Crippen molar-refractivity contribution in [3.63, 3.8) is 0 Å². The molecule has 8 heteroatoms. The molecule has 1 atom stereocenters. The fraction of sp³-hybridized carbons (Fsp3) is 0.757. The van der Waals surface area contributed by atoms with E-state index in [0.29, 0.717) is 24.2 Å². The number of ether oxygens (including phenoxy) is 2. The number of hydrogen-bond acceptors (Lipinski definition) is 7. The number of carboxylic acid groups (broad SMARTS) is 1. The molecule has 0 aliphatic carbocycles. The molecule has 260 valence electrons. The largest absolute Gasteiger partial charge is 0.504 e. The van der Waals surface area contributed by atoms with Crippen LogP contribution in [0, 0.1) is 5.92 Å². The summed E-state index contributed by atoms with van der Waals surface area (Å²) in [5.74, 6) is -0.542. The molecule has 0 aromatic heterocycles. The minimum atomic E-state index is -1.05. The number of aromatic hydroxyl groups is 1. The zero-order valence-electron chi connectivity index (χ0n) is 29.0. The Morgan fingerprint density at radius 3 is 1.60 bits per heavy atom. The number of rotatable bonds is 26. The number of carbonyl (C=O) groups is 3. The monoisotopic (exact) mass is 635 g/mol. The van der Waals surface area contributed by atoms with Gasteiger partial charge in [0.15, 0.2) is 11.5 Å². The van der Waals surface area contributed by atoms with Gasteiger partial charge in [0.1, 0.15) is 6.04 Å². The number of aliphatic carboxylic acids is 1. The van der Waals surface area contributed by atoms with Crippen LogP contribution in [-0.2, 0) is 25.5 Å². The first-order chi connectivity index (χ1) is 21.6. The Bertz CT molecular complexity index is 903. The van der Waals surface area contributed by atoms with Crippen LogP contribution < -0.4 is 10.5 Å². The normalized spacial score (nSPS) is 11.5. The van der Waals surface area contributed by atoms with Gasteiger partial charge in [-0.2, -0.15) is 0 Å². The lowest BCUT2D eigenvalue weighted by molar-refractivity contribution is -0.159. The molecule has 0 saturated heterocycles.